The molecule has 58 heavy (non-hydrogen) atoms. The number of unbranched alkanes of at least 4 members (excludes halogenated alkanes) is 24. The van der Waals surface area contributed by atoms with E-state index in [1.54, 1.807) is 0 Å². The molecule has 8 nitrogen and oxygen atoms in total. The minimum absolute atomic E-state index is 0.0529. The number of carbonyl (C=O) groups excluding carboxylic acids is 2. The number of carboxylic acids is 1. The molecule has 0 rings (SSSR count). The summed E-state index contributed by atoms with van der Waals surface area (Å²) in [7, 11) is 5.53. The van der Waals surface area contributed by atoms with Gasteiger partial charge in [-0.15, -0.1) is 0 Å². The molecule has 0 bridgehead atoms. The van der Waals surface area contributed by atoms with Crippen molar-refractivity contribution < 1.29 is 38.2 Å². The molecule has 0 aromatic rings. The van der Waals surface area contributed by atoms with Crippen LogP contribution in [0.1, 0.15) is 213 Å². The molecule has 0 aliphatic carbocycles. The predicted molar refractivity (Wildman–Crippen MR) is 243 cm³/mol. The van der Waals surface area contributed by atoms with Gasteiger partial charge in [0.15, 0.2) is 12.1 Å². The number of hydrogen-bond acceptors (Lipinski definition) is 6. The number of ether oxygens (including phenoxy) is 3. The first-order valence-electron chi connectivity index (χ1n) is 24.0. The Morgan fingerprint density at radius 1 is 0.517 bits per heavy atom. The minimum Gasteiger partial charge on any atom is -0.477 e. The smallest absolute Gasteiger partial charge is 0.362 e. The van der Waals surface area contributed by atoms with Crippen LogP contribution < -0.4 is 0 Å². The molecule has 0 amide bonds. The van der Waals surface area contributed by atoms with Crippen molar-refractivity contribution in [2.45, 2.75) is 225 Å². The van der Waals surface area contributed by atoms with Gasteiger partial charge in [-0.3, -0.25) is 9.59 Å². The van der Waals surface area contributed by atoms with Crippen LogP contribution in [0.15, 0.2) is 36.5 Å². The normalized spacial score (nSPS) is 13.2. The molecule has 0 fully saturated rings. The number of hydrogen-bond donors (Lipinski definition) is 1. The lowest BCUT2D eigenvalue weighted by molar-refractivity contribution is -0.887. The Morgan fingerprint density at radius 3 is 1.38 bits per heavy atom. The average Bonchev–Trinajstić information content (AvgIpc) is 3.18. The van der Waals surface area contributed by atoms with Crippen molar-refractivity contribution in [1.82, 2.24) is 0 Å². The van der Waals surface area contributed by atoms with Gasteiger partial charge in [-0.05, 0) is 64.2 Å². The van der Waals surface area contributed by atoms with Gasteiger partial charge in [0.1, 0.15) is 6.61 Å². The van der Waals surface area contributed by atoms with Gasteiger partial charge in [-0.25, -0.2) is 4.79 Å². The molecule has 338 valence electrons. The van der Waals surface area contributed by atoms with Crippen LogP contribution in [0, 0.1) is 0 Å². The second-order valence-electron chi connectivity index (χ2n) is 17.4. The van der Waals surface area contributed by atoms with E-state index >= 15 is 0 Å². The zero-order valence-corrected chi connectivity index (χ0v) is 38.5. The van der Waals surface area contributed by atoms with Gasteiger partial charge in [-0.2, -0.15) is 0 Å². The Balaban J connectivity index is 4.29. The second kappa shape index (κ2) is 41.3. The second-order valence-corrected chi connectivity index (χ2v) is 17.4. The molecule has 2 unspecified atom stereocenters. The first kappa shape index (κ1) is 55.5. The van der Waals surface area contributed by atoms with E-state index in [0.29, 0.717) is 19.3 Å². The third kappa shape index (κ3) is 39.0. The standard InChI is InChI=1S/C50H91NO7/c1-6-8-10-12-14-16-18-20-22-23-24-25-27-29-31-33-35-37-39-41-49(53)58-46(44-56-43-42-47(50(54)55)51(3,4)5)45-57-48(52)40-38-36-34-32-30-28-26-21-19-17-15-13-11-9-7-2/h14,16-20,46-47H,6-13,15,21-45H2,1-5H3/p+1/b16-14+,19-17+,20-18+. The minimum atomic E-state index is -0.875. The van der Waals surface area contributed by atoms with Gasteiger partial charge in [-0.1, -0.05) is 166 Å². The molecule has 0 aliphatic rings. The van der Waals surface area contributed by atoms with E-state index in [1.165, 1.54) is 141 Å². The number of nitrogens with zero attached hydrogens (tertiary/aromatic N) is 1. The fourth-order valence-electron chi connectivity index (χ4n) is 7.02. The third-order valence-electron chi connectivity index (χ3n) is 10.8. The number of carboxylic acid groups (broad SMARTS) is 1. The van der Waals surface area contributed by atoms with E-state index in [4.69, 9.17) is 14.2 Å². The van der Waals surface area contributed by atoms with Crippen LogP contribution in [0.4, 0.5) is 0 Å². The highest BCUT2D eigenvalue weighted by Crippen LogP contribution is 2.15. The molecule has 8 heteroatoms. The van der Waals surface area contributed by atoms with Crippen LogP contribution in [-0.4, -0.2) is 80.6 Å². The molecule has 0 heterocycles. The fourth-order valence-corrected chi connectivity index (χ4v) is 7.02. The van der Waals surface area contributed by atoms with E-state index in [-0.39, 0.29) is 36.2 Å². The lowest BCUT2D eigenvalue weighted by Crippen LogP contribution is -2.50. The first-order valence-corrected chi connectivity index (χ1v) is 24.0. The molecule has 0 saturated heterocycles. The number of esters is 2. The van der Waals surface area contributed by atoms with Crippen molar-refractivity contribution in [2.75, 3.05) is 41.0 Å². The highest BCUT2D eigenvalue weighted by molar-refractivity contribution is 5.72. The lowest BCUT2D eigenvalue weighted by Gasteiger charge is -2.31. The maximum atomic E-state index is 12.8. The number of allylic oxidation sites excluding steroid dienone is 6. The Hall–Kier alpha value is -2.45. The van der Waals surface area contributed by atoms with Crippen molar-refractivity contribution >= 4 is 17.9 Å². The summed E-state index contributed by atoms with van der Waals surface area (Å²) in [5.74, 6) is -1.47. The number of quaternary nitrogens is 1. The summed E-state index contributed by atoms with van der Waals surface area (Å²) in [6.45, 7) is 4.71. The molecule has 0 aromatic heterocycles. The third-order valence-corrected chi connectivity index (χ3v) is 10.8. The van der Waals surface area contributed by atoms with Gasteiger partial charge >= 0.3 is 17.9 Å². The summed E-state index contributed by atoms with van der Waals surface area (Å²) in [4.78, 5) is 37.1. The van der Waals surface area contributed by atoms with Crippen LogP contribution in [0.5, 0.6) is 0 Å². The van der Waals surface area contributed by atoms with Crippen LogP contribution in [0.3, 0.4) is 0 Å². The molecule has 0 saturated carbocycles. The summed E-state index contributed by atoms with van der Waals surface area (Å²) >= 11 is 0. The van der Waals surface area contributed by atoms with Crippen molar-refractivity contribution in [3.05, 3.63) is 36.5 Å². The summed E-state index contributed by atoms with van der Waals surface area (Å²) in [5, 5.41) is 9.63. The Bertz CT molecular complexity index is 1050. The highest BCUT2D eigenvalue weighted by Gasteiger charge is 2.31. The van der Waals surface area contributed by atoms with Gasteiger partial charge in [0, 0.05) is 19.3 Å². The summed E-state index contributed by atoms with van der Waals surface area (Å²) in [6, 6.07) is -0.615. The SMILES string of the molecule is CCCCC/C=C/C=C/CCCCCCCCCCCCC(=O)OC(COCCC(C(=O)O)[N+](C)(C)C)COC(=O)CCCCCCCCC/C=C/CCCCCC. The molecule has 1 N–H and O–H groups in total. The number of carbonyl (C=O) groups is 3. The molecule has 0 aliphatic heterocycles. The van der Waals surface area contributed by atoms with E-state index < -0.39 is 18.1 Å². The van der Waals surface area contributed by atoms with E-state index in [1.807, 2.05) is 21.1 Å². The van der Waals surface area contributed by atoms with Crippen LogP contribution in [0.2, 0.25) is 0 Å². The van der Waals surface area contributed by atoms with Crippen LogP contribution in [-0.2, 0) is 28.6 Å². The van der Waals surface area contributed by atoms with Crippen LogP contribution >= 0.6 is 0 Å². The Kier molecular flexibility index (Phi) is 39.5. The molecule has 2 atom stereocenters. The van der Waals surface area contributed by atoms with Gasteiger partial charge in [0.25, 0.3) is 0 Å². The van der Waals surface area contributed by atoms with E-state index in [2.05, 4.69) is 50.3 Å². The predicted octanol–water partition coefficient (Wildman–Crippen LogP) is 13.4. The monoisotopic (exact) mass is 819 g/mol. The van der Waals surface area contributed by atoms with Crippen LogP contribution in [0.25, 0.3) is 0 Å². The molecule has 0 aromatic carbocycles. The molecule has 0 radical (unpaired) electrons. The molecule has 0 spiro atoms. The maximum Gasteiger partial charge on any atom is 0.362 e. The van der Waals surface area contributed by atoms with E-state index in [9.17, 15) is 19.5 Å². The quantitative estimate of drug-likeness (QED) is 0.0215. The highest BCUT2D eigenvalue weighted by atomic mass is 16.6. The fraction of sp³-hybridized carbons (Fsp3) is 0.820. The topological polar surface area (TPSA) is 99.1 Å². The zero-order chi connectivity index (χ0) is 42.8. The zero-order valence-electron chi connectivity index (χ0n) is 38.5. The summed E-state index contributed by atoms with van der Waals surface area (Å²) in [6.07, 6.45) is 47.5. The summed E-state index contributed by atoms with van der Waals surface area (Å²) in [5.41, 5.74) is 0. The van der Waals surface area contributed by atoms with Crippen molar-refractivity contribution in [2.24, 2.45) is 0 Å². The number of rotatable bonds is 43. The molecular formula is C50H92NO7+. The van der Waals surface area contributed by atoms with Gasteiger partial charge in [0.2, 0.25) is 0 Å². The first-order chi connectivity index (χ1) is 28.1. The largest absolute Gasteiger partial charge is 0.477 e. The number of likely N-dealkylation sites (N-methyl/N-ethyl adjacent to an activating group) is 1. The van der Waals surface area contributed by atoms with Crippen molar-refractivity contribution in [1.29, 1.82) is 0 Å². The Morgan fingerprint density at radius 2 is 0.914 bits per heavy atom. The lowest BCUT2D eigenvalue weighted by atomic mass is 10.1. The van der Waals surface area contributed by atoms with Crippen molar-refractivity contribution in [3.63, 3.8) is 0 Å². The Labute approximate surface area is 357 Å². The van der Waals surface area contributed by atoms with Gasteiger partial charge in [0.05, 0.1) is 34.4 Å². The summed E-state index contributed by atoms with van der Waals surface area (Å²) < 4.78 is 17.3. The van der Waals surface area contributed by atoms with Crippen molar-refractivity contribution in [3.8, 4) is 0 Å². The molecular weight excluding hydrogens is 727 g/mol. The van der Waals surface area contributed by atoms with E-state index in [0.717, 1.165) is 38.5 Å². The average molecular weight is 819 g/mol. The number of aliphatic carboxylic acids is 1. The van der Waals surface area contributed by atoms with Gasteiger partial charge < -0.3 is 23.8 Å². The maximum absolute atomic E-state index is 12.8.